The first-order valence-electron chi connectivity index (χ1n) is 8.65. The van der Waals surface area contributed by atoms with Gasteiger partial charge < -0.3 is 14.8 Å². The van der Waals surface area contributed by atoms with Gasteiger partial charge in [-0.05, 0) is 24.3 Å². The molecule has 0 fully saturated rings. The van der Waals surface area contributed by atoms with Crippen LogP contribution in [0.5, 0.6) is 5.75 Å². The zero-order valence-corrected chi connectivity index (χ0v) is 15.5. The molecule has 0 aliphatic carbocycles. The number of benzene rings is 2. The van der Waals surface area contributed by atoms with Gasteiger partial charge in [-0.15, -0.1) is 11.3 Å². The summed E-state index contributed by atoms with van der Waals surface area (Å²) in [4.78, 5) is 28.0. The predicted molar refractivity (Wildman–Crippen MR) is 104 cm³/mol. The number of nitrogens with one attached hydrogen (secondary N) is 1. The minimum absolute atomic E-state index is 0.199. The zero-order chi connectivity index (χ0) is 18.9. The number of carbonyl (C=O) groups excluding carboxylic acids is 2. The van der Waals surface area contributed by atoms with Crippen molar-refractivity contribution in [1.82, 2.24) is 10.3 Å². The number of thiazole rings is 1. The fraction of sp³-hybridized carbons (Fsp3) is 0.250. The highest BCUT2D eigenvalue weighted by atomic mass is 32.1. The molecule has 0 bridgehead atoms. The van der Waals surface area contributed by atoms with E-state index in [1.54, 1.807) is 11.3 Å². The molecule has 140 valence electrons. The van der Waals surface area contributed by atoms with Crippen molar-refractivity contribution in [2.45, 2.75) is 12.8 Å². The molecule has 2 aromatic carbocycles. The molecule has 7 heteroatoms. The smallest absolute Gasteiger partial charge is 0.306 e. The minimum atomic E-state index is -0.412. The lowest BCUT2D eigenvalue weighted by Crippen LogP contribution is -2.32. The topological polar surface area (TPSA) is 77.5 Å². The van der Waals surface area contributed by atoms with Crippen LogP contribution in [0.25, 0.3) is 10.2 Å². The van der Waals surface area contributed by atoms with Crippen molar-refractivity contribution in [2.24, 2.45) is 0 Å². The van der Waals surface area contributed by atoms with E-state index in [0.29, 0.717) is 19.6 Å². The van der Waals surface area contributed by atoms with E-state index in [1.807, 2.05) is 54.6 Å². The third kappa shape index (κ3) is 6.07. The summed E-state index contributed by atoms with van der Waals surface area (Å²) in [5.41, 5.74) is 0.933. The highest BCUT2D eigenvalue weighted by molar-refractivity contribution is 7.18. The van der Waals surface area contributed by atoms with E-state index in [4.69, 9.17) is 9.47 Å². The highest BCUT2D eigenvalue weighted by Gasteiger charge is 2.10. The van der Waals surface area contributed by atoms with E-state index in [9.17, 15) is 9.59 Å². The van der Waals surface area contributed by atoms with Crippen LogP contribution in [-0.2, 0) is 20.7 Å². The summed E-state index contributed by atoms with van der Waals surface area (Å²) < 4.78 is 11.6. The Labute approximate surface area is 161 Å². The minimum Gasteiger partial charge on any atom is -0.492 e. The van der Waals surface area contributed by atoms with Gasteiger partial charge in [0.25, 0.3) is 5.91 Å². The summed E-state index contributed by atoms with van der Waals surface area (Å²) in [6.45, 7) is 0.405. The molecule has 1 N–H and O–H groups in total. The number of ether oxygens (including phenoxy) is 2. The van der Waals surface area contributed by atoms with Crippen molar-refractivity contribution >= 4 is 33.4 Å². The molecule has 6 nitrogen and oxygen atoms in total. The van der Waals surface area contributed by atoms with Gasteiger partial charge in [0.2, 0.25) is 0 Å². The second-order valence-corrected chi connectivity index (χ2v) is 6.86. The molecule has 27 heavy (non-hydrogen) atoms. The monoisotopic (exact) mass is 384 g/mol. The summed E-state index contributed by atoms with van der Waals surface area (Å²) in [5, 5.41) is 3.53. The van der Waals surface area contributed by atoms with Gasteiger partial charge in [-0.25, -0.2) is 4.98 Å². The van der Waals surface area contributed by atoms with Crippen LogP contribution >= 0.6 is 11.3 Å². The van der Waals surface area contributed by atoms with Crippen molar-refractivity contribution < 1.29 is 19.1 Å². The first-order valence-corrected chi connectivity index (χ1v) is 9.47. The SMILES string of the molecule is O=C(COC(=O)CCc1nc2ccccc2s1)NCCOc1ccccc1. The Hall–Kier alpha value is -2.93. The lowest BCUT2D eigenvalue weighted by atomic mass is 10.3. The van der Waals surface area contributed by atoms with Crippen molar-refractivity contribution in [3.63, 3.8) is 0 Å². The van der Waals surface area contributed by atoms with E-state index in [-0.39, 0.29) is 18.9 Å². The second kappa shape index (κ2) is 9.68. The summed E-state index contributed by atoms with van der Waals surface area (Å²) >= 11 is 1.56. The second-order valence-electron chi connectivity index (χ2n) is 5.75. The van der Waals surface area contributed by atoms with Crippen LogP contribution in [0.4, 0.5) is 0 Å². The van der Waals surface area contributed by atoms with E-state index >= 15 is 0 Å². The first kappa shape index (κ1) is 18.8. The highest BCUT2D eigenvalue weighted by Crippen LogP contribution is 2.22. The van der Waals surface area contributed by atoms with Gasteiger partial charge in [0.15, 0.2) is 6.61 Å². The van der Waals surface area contributed by atoms with E-state index < -0.39 is 5.97 Å². The molecular formula is C20H20N2O4S. The average Bonchev–Trinajstić information content (AvgIpc) is 3.12. The summed E-state index contributed by atoms with van der Waals surface area (Å²) in [7, 11) is 0. The standard InChI is InChI=1S/C20H20N2O4S/c23-18(21-12-13-25-15-6-2-1-3-7-15)14-26-20(24)11-10-19-22-16-8-4-5-9-17(16)27-19/h1-9H,10-14H2,(H,21,23). The van der Waals surface area contributed by atoms with Crippen LogP contribution < -0.4 is 10.1 Å². The predicted octanol–water partition coefficient (Wildman–Crippen LogP) is 2.97. The van der Waals surface area contributed by atoms with Crippen molar-refractivity contribution in [3.05, 3.63) is 59.6 Å². The number of carbonyl (C=O) groups is 2. The lowest BCUT2D eigenvalue weighted by Gasteiger charge is -2.08. The van der Waals surface area contributed by atoms with Gasteiger partial charge in [0.05, 0.1) is 28.2 Å². The van der Waals surface area contributed by atoms with Crippen molar-refractivity contribution in [2.75, 3.05) is 19.8 Å². The summed E-state index contributed by atoms with van der Waals surface area (Å²) in [5.74, 6) is -0.0158. The molecule has 0 radical (unpaired) electrons. The quantitative estimate of drug-likeness (QED) is 0.453. The molecule has 0 spiro atoms. The Morgan fingerprint density at radius 3 is 2.63 bits per heavy atom. The molecule has 1 amide bonds. The molecule has 0 saturated heterocycles. The Kier molecular flexibility index (Phi) is 6.76. The molecule has 0 unspecified atom stereocenters. The van der Waals surface area contributed by atoms with Gasteiger partial charge in [-0.2, -0.15) is 0 Å². The number of aromatic nitrogens is 1. The molecule has 1 aromatic heterocycles. The molecule has 0 saturated carbocycles. The summed E-state index contributed by atoms with van der Waals surface area (Å²) in [6.07, 6.45) is 0.703. The maximum absolute atomic E-state index is 11.8. The molecule has 3 rings (SSSR count). The number of rotatable bonds is 9. The van der Waals surface area contributed by atoms with Crippen LogP contribution in [0.15, 0.2) is 54.6 Å². The Balaban J connectivity index is 1.29. The third-order valence-electron chi connectivity index (χ3n) is 3.68. The van der Waals surface area contributed by atoms with Crippen LogP contribution in [0, 0.1) is 0 Å². The fourth-order valence-electron chi connectivity index (χ4n) is 2.38. The molecule has 1 heterocycles. The Bertz CT molecular complexity index is 862. The largest absolute Gasteiger partial charge is 0.492 e. The van der Waals surface area contributed by atoms with E-state index in [0.717, 1.165) is 21.0 Å². The van der Waals surface area contributed by atoms with Crippen LogP contribution in [0.1, 0.15) is 11.4 Å². The third-order valence-corrected chi connectivity index (χ3v) is 4.78. The Morgan fingerprint density at radius 1 is 1.04 bits per heavy atom. The maximum atomic E-state index is 11.8. The number of aryl methyl sites for hydroxylation is 1. The lowest BCUT2D eigenvalue weighted by molar-refractivity contribution is -0.148. The molecule has 0 atom stereocenters. The molecule has 0 aliphatic rings. The van der Waals surface area contributed by atoms with Gasteiger partial charge >= 0.3 is 5.97 Å². The zero-order valence-electron chi connectivity index (χ0n) is 14.7. The number of hydrogen-bond acceptors (Lipinski definition) is 6. The number of fused-ring (bicyclic) bond motifs is 1. The van der Waals surface area contributed by atoms with Crippen molar-refractivity contribution in [1.29, 1.82) is 0 Å². The number of amides is 1. The van der Waals surface area contributed by atoms with Gasteiger partial charge in [0.1, 0.15) is 12.4 Å². The number of esters is 1. The van der Waals surface area contributed by atoms with Crippen molar-refractivity contribution in [3.8, 4) is 5.75 Å². The molecule has 3 aromatic rings. The number of hydrogen-bond donors (Lipinski definition) is 1. The van der Waals surface area contributed by atoms with Crippen LogP contribution in [0.2, 0.25) is 0 Å². The normalized spacial score (nSPS) is 10.5. The van der Waals surface area contributed by atoms with Gasteiger partial charge in [-0.1, -0.05) is 30.3 Å². The first-order chi connectivity index (χ1) is 13.2. The summed E-state index contributed by atoms with van der Waals surface area (Å²) in [6, 6.07) is 17.2. The van der Waals surface area contributed by atoms with E-state index in [2.05, 4.69) is 10.3 Å². The number of nitrogens with zero attached hydrogens (tertiary/aromatic N) is 1. The van der Waals surface area contributed by atoms with Gasteiger partial charge in [0, 0.05) is 6.42 Å². The number of para-hydroxylation sites is 2. The molecular weight excluding hydrogens is 364 g/mol. The maximum Gasteiger partial charge on any atom is 0.306 e. The fourth-order valence-corrected chi connectivity index (χ4v) is 3.35. The van der Waals surface area contributed by atoms with Crippen LogP contribution in [0.3, 0.4) is 0 Å². The van der Waals surface area contributed by atoms with Gasteiger partial charge in [-0.3, -0.25) is 9.59 Å². The van der Waals surface area contributed by atoms with E-state index in [1.165, 1.54) is 0 Å². The van der Waals surface area contributed by atoms with Crippen LogP contribution in [-0.4, -0.2) is 36.6 Å². The average molecular weight is 384 g/mol. The molecule has 0 aliphatic heterocycles. The Morgan fingerprint density at radius 2 is 1.81 bits per heavy atom.